The Balaban J connectivity index is 1.68. The molecule has 0 bridgehead atoms. The predicted octanol–water partition coefficient (Wildman–Crippen LogP) is 2.80. The smallest absolute Gasteiger partial charge is 0.211 e. The molecule has 2 saturated heterocycles. The van der Waals surface area contributed by atoms with Gasteiger partial charge in [-0.15, -0.1) is 0 Å². The molecular formula is C18H28N2O2S. The van der Waals surface area contributed by atoms with Crippen molar-refractivity contribution < 1.29 is 8.42 Å². The zero-order valence-corrected chi connectivity index (χ0v) is 15.1. The van der Waals surface area contributed by atoms with Crippen molar-refractivity contribution in [1.82, 2.24) is 9.21 Å². The lowest BCUT2D eigenvalue weighted by atomic mass is 9.96. The highest BCUT2D eigenvalue weighted by Crippen LogP contribution is 2.35. The summed E-state index contributed by atoms with van der Waals surface area (Å²) in [5.74, 6) is 0.461. The van der Waals surface area contributed by atoms with Crippen molar-refractivity contribution >= 4 is 10.0 Å². The van der Waals surface area contributed by atoms with Gasteiger partial charge in [-0.2, -0.15) is 0 Å². The van der Waals surface area contributed by atoms with E-state index in [9.17, 15) is 8.42 Å². The van der Waals surface area contributed by atoms with Gasteiger partial charge in [-0.05, 0) is 56.2 Å². The number of hydrogen-bond donors (Lipinski definition) is 0. The molecule has 0 aromatic heterocycles. The van der Waals surface area contributed by atoms with Gasteiger partial charge in [0.2, 0.25) is 10.0 Å². The van der Waals surface area contributed by atoms with Crippen molar-refractivity contribution in [3.63, 3.8) is 0 Å². The van der Waals surface area contributed by atoms with Crippen LogP contribution in [0.4, 0.5) is 0 Å². The topological polar surface area (TPSA) is 40.6 Å². The molecule has 1 aromatic carbocycles. The zero-order chi connectivity index (χ0) is 16.4. The van der Waals surface area contributed by atoms with Gasteiger partial charge in [0, 0.05) is 25.7 Å². The van der Waals surface area contributed by atoms with Crippen molar-refractivity contribution in [2.24, 2.45) is 5.92 Å². The average Bonchev–Trinajstić information content (AvgIpc) is 2.95. The summed E-state index contributed by atoms with van der Waals surface area (Å²) in [5, 5.41) is 0. The second-order valence-electron chi connectivity index (χ2n) is 7.14. The monoisotopic (exact) mass is 336 g/mol. The molecule has 1 aromatic rings. The van der Waals surface area contributed by atoms with Crippen LogP contribution in [-0.4, -0.2) is 50.1 Å². The first kappa shape index (κ1) is 16.9. The maximum atomic E-state index is 11.8. The standard InChI is InChI=1S/C18H28N2O2S/c1-15-7-3-4-9-17(15)18-10-6-11-19(18)13-16-8-5-12-20(14-16)23(2,21)22/h3-4,7,9,16,18H,5-6,8,10-14H2,1-2H3/t16-,18+/m1/s1. The van der Waals surface area contributed by atoms with Crippen molar-refractivity contribution in [3.05, 3.63) is 35.4 Å². The van der Waals surface area contributed by atoms with Crippen LogP contribution in [0.1, 0.15) is 42.9 Å². The number of aryl methyl sites for hydroxylation is 1. The molecule has 0 unspecified atom stereocenters. The molecule has 0 spiro atoms. The lowest BCUT2D eigenvalue weighted by Gasteiger charge is -2.35. The zero-order valence-electron chi connectivity index (χ0n) is 14.2. The van der Waals surface area contributed by atoms with Crippen LogP contribution < -0.4 is 0 Å². The summed E-state index contributed by atoms with van der Waals surface area (Å²) < 4.78 is 25.3. The Morgan fingerprint density at radius 2 is 1.87 bits per heavy atom. The van der Waals surface area contributed by atoms with Gasteiger partial charge in [-0.25, -0.2) is 12.7 Å². The maximum Gasteiger partial charge on any atom is 0.211 e. The largest absolute Gasteiger partial charge is 0.296 e. The third-order valence-corrected chi connectivity index (χ3v) is 6.62. The minimum absolute atomic E-state index is 0.461. The average molecular weight is 337 g/mol. The van der Waals surface area contributed by atoms with Crippen molar-refractivity contribution in [2.45, 2.75) is 38.6 Å². The van der Waals surface area contributed by atoms with Crippen LogP contribution >= 0.6 is 0 Å². The molecule has 0 N–H and O–H groups in total. The van der Waals surface area contributed by atoms with E-state index < -0.39 is 10.0 Å². The van der Waals surface area contributed by atoms with E-state index >= 15 is 0 Å². The molecule has 4 nitrogen and oxygen atoms in total. The first-order chi connectivity index (χ1) is 10.9. The maximum absolute atomic E-state index is 11.8. The number of piperidine rings is 1. The molecule has 0 aliphatic carbocycles. The van der Waals surface area contributed by atoms with Crippen LogP contribution in [0.2, 0.25) is 0 Å². The fourth-order valence-electron chi connectivity index (χ4n) is 4.17. The van der Waals surface area contributed by atoms with E-state index in [1.165, 1.54) is 30.2 Å². The fraction of sp³-hybridized carbons (Fsp3) is 0.667. The van der Waals surface area contributed by atoms with Gasteiger partial charge in [-0.1, -0.05) is 24.3 Å². The molecule has 3 rings (SSSR count). The van der Waals surface area contributed by atoms with Crippen molar-refractivity contribution in [1.29, 1.82) is 0 Å². The Labute approximate surface area is 140 Å². The van der Waals surface area contributed by atoms with Gasteiger partial charge in [0.15, 0.2) is 0 Å². The Hall–Kier alpha value is -0.910. The molecule has 0 amide bonds. The van der Waals surface area contributed by atoms with Crippen LogP contribution in [0.5, 0.6) is 0 Å². The molecule has 23 heavy (non-hydrogen) atoms. The number of hydrogen-bond acceptors (Lipinski definition) is 3. The normalized spacial score (nSPS) is 27.4. The first-order valence-electron chi connectivity index (χ1n) is 8.70. The van der Waals surface area contributed by atoms with E-state index in [1.807, 2.05) is 0 Å². The number of likely N-dealkylation sites (tertiary alicyclic amines) is 1. The van der Waals surface area contributed by atoms with E-state index in [0.29, 0.717) is 25.0 Å². The third-order valence-electron chi connectivity index (χ3n) is 5.35. The minimum Gasteiger partial charge on any atom is -0.296 e. The molecule has 2 atom stereocenters. The van der Waals surface area contributed by atoms with E-state index in [1.54, 1.807) is 4.31 Å². The van der Waals surface area contributed by atoms with Crippen molar-refractivity contribution in [3.8, 4) is 0 Å². The summed E-state index contributed by atoms with van der Waals surface area (Å²) in [4.78, 5) is 2.58. The van der Waals surface area contributed by atoms with Crippen LogP contribution in [0.25, 0.3) is 0 Å². The highest BCUT2D eigenvalue weighted by molar-refractivity contribution is 7.88. The molecule has 128 valence electrons. The minimum atomic E-state index is -3.05. The molecule has 2 aliphatic rings. The van der Waals surface area contributed by atoms with E-state index in [0.717, 1.165) is 25.9 Å². The number of nitrogens with zero attached hydrogens (tertiary/aromatic N) is 2. The van der Waals surface area contributed by atoms with Gasteiger partial charge in [0.05, 0.1) is 6.26 Å². The SMILES string of the molecule is Cc1ccccc1[C@@H]1CCCN1C[C@H]1CCCN(S(C)(=O)=O)C1. The summed E-state index contributed by atoms with van der Waals surface area (Å²) >= 11 is 0. The molecule has 0 radical (unpaired) electrons. The van der Waals surface area contributed by atoms with Crippen LogP contribution in [0.15, 0.2) is 24.3 Å². The summed E-state index contributed by atoms with van der Waals surface area (Å²) in [6.45, 7) is 5.73. The molecule has 2 heterocycles. The summed E-state index contributed by atoms with van der Waals surface area (Å²) in [6.07, 6.45) is 5.92. The number of benzene rings is 1. The fourth-order valence-corrected chi connectivity index (χ4v) is 5.11. The molecular weight excluding hydrogens is 308 g/mol. The Morgan fingerprint density at radius 3 is 2.61 bits per heavy atom. The highest BCUT2D eigenvalue weighted by Gasteiger charge is 2.32. The quantitative estimate of drug-likeness (QED) is 0.849. The van der Waals surface area contributed by atoms with Gasteiger partial charge in [0.25, 0.3) is 0 Å². The van der Waals surface area contributed by atoms with Gasteiger partial charge in [0.1, 0.15) is 0 Å². The van der Waals surface area contributed by atoms with Crippen molar-refractivity contribution in [2.75, 3.05) is 32.4 Å². The van der Waals surface area contributed by atoms with Crippen LogP contribution in [0.3, 0.4) is 0 Å². The summed E-state index contributed by atoms with van der Waals surface area (Å²) in [5.41, 5.74) is 2.81. The predicted molar refractivity (Wildman–Crippen MR) is 93.9 cm³/mol. The van der Waals surface area contributed by atoms with Gasteiger partial charge in [-0.3, -0.25) is 4.90 Å². The Morgan fingerprint density at radius 1 is 1.13 bits per heavy atom. The highest BCUT2D eigenvalue weighted by atomic mass is 32.2. The summed E-state index contributed by atoms with van der Waals surface area (Å²) in [6, 6.07) is 9.18. The number of rotatable bonds is 4. The Bertz CT molecular complexity index is 644. The first-order valence-corrected chi connectivity index (χ1v) is 10.5. The summed E-state index contributed by atoms with van der Waals surface area (Å²) in [7, 11) is -3.05. The lowest BCUT2D eigenvalue weighted by molar-refractivity contribution is 0.168. The third kappa shape index (κ3) is 3.95. The van der Waals surface area contributed by atoms with Crippen LogP contribution in [0, 0.1) is 12.8 Å². The molecule has 2 fully saturated rings. The van der Waals surface area contributed by atoms with Gasteiger partial charge < -0.3 is 0 Å². The number of sulfonamides is 1. The lowest BCUT2D eigenvalue weighted by Crippen LogP contribution is -2.43. The van der Waals surface area contributed by atoms with E-state index in [-0.39, 0.29) is 0 Å². The van der Waals surface area contributed by atoms with E-state index in [4.69, 9.17) is 0 Å². The van der Waals surface area contributed by atoms with Crippen LogP contribution in [-0.2, 0) is 10.0 Å². The van der Waals surface area contributed by atoms with E-state index in [2.05, 4.69) is 36.1 Å². The second-order valence-corrected chi connectivity index (χ2v) is 9.12. The molecule has 5 heteroatoms. The van der Waals surface area contributed by atoms with Gasteiger partial charge >= 0.3 is 0 Å². The Kier molecular flexibility index (Phi) is 5.09. The molecule has 2 aliphatic heterocycles. The molecule has 0 saturated carbocycles. The second kappa shape index (κ2) is 6.91.